The highest BCUT2D eigenvalue weighted by molar-refractivity contribution is 5.93. The topological polar surface area (TPSA) is 42.3 Å². The predicted octanol–water partition coefficient (Wildman–Crippen LogP) is 3.01. The Bertz CT molecular complexity index is 685. The number of rotatable bonds is 1. The maximum absolute atomic E-state index is 12.5. The SMILES string of the molecule is CN(C)C(=O)n1c(C2CCC(=O)C2)cc2ccccc21. The molecule has 4 nitrogen and oxygen atoms in total. The van der Waals surface area contributed by atoms with Crippen LogP contribution in [0.3, 0.4) is 0 Å². The lowest BCUT2D eigenvalue weighted by Crippen LogP contribution is -2.28. The zero-order valence-electron chi connectivity index (χ0n) is 11.8. The van der Waals surface area contributed by atoms with E-state index in [0.717, 1.165) is 23.0 Å². The van der Waals surface area contributed by atoms with E-state index in [1.54, 1.807) is 23.6 Å². The normalized spacial score (nSPS) is 18.7. The summed E-state index contributed by atoms with van der Waals surface area (Å²) in [6.45, 7) is 0. The monoisotopic (exact) mass is 270 g/mol. The molecule has 2 aromatic rings. The second-order valence-corrected chi connectivity index (χ2v) is 5.62. The third-order valence-electron chi connectivity index (χ3n) is 3.98. The first-order valence-corrected chi connectivity index (χ1v) is 6.91. The lowest BCUT2D eigenvalue weighted by Gasteiger charge is -2.17. The highest BCUT2D eigenvalue weighted by Crippen LogP contribution is 2.35. The highest BCUT2D eigenvalue weighted by atomic mass is 16.2. The number of hydrogen-bond donors (Lipinski definition) is 0. The number of amides is 1. The van der Waals surface area contributed by atoms with Gasteiger partial charge in [0.25, 0.3) is 0 Å². The van der Waals surface area contributed by atoms with Crippen LogP contribution in [-0.4, -0.2) is 35.4 Å². The molecule has 1 aromatic carbocycles. The maximum Gasteiger partial charge on any atom is 0.328 e. The van der Waals surface area contributed by atoms with Crippen LogP contribution in [0.15, 0.2) is 30.3 Å². The minimum atomic E-state index is -0.0550. The first kappa shape index (κ1) is 12.9. The summed E-state index contributed by atoms with van der Waals surface area (Å²) in [4.78, 5) is 25.6. The Kier molecular flexibility index (Phi) is 3.08. The van der Waals surface area contributed by atoms with Crippen molar-refractivity contribution in [2.24, 2.45) is 0 Å². The third kappa shape index (κ3) is 2.01. The number of nitrogens with zero attached hydrogens (tertiary/aromatic N) is 2. The molecule has 1 aliphatic carbocycles. The van der Waals surface area contributed by atoms with Crippen LogP contribution >= 0.6 is 0 Å². The number of benzene rings is 1. The van der Waals surface area contributed by atoms with Gasteiger partial charge in [0, 0.05) is 43.9 Å². The van der Waals surface area contributed by atoms with Crippen LogP contribution in [0.25, 0.3) is 10.9 Å². The molecule has 1 unspecified atom stereocenters. The van der Waals surface area contributed by atoms with Gasteiger partial charge in [0.1, 0.15) is 5.78 Å². The number of carbonyl (C=O) groups is 2. The molecule has 1 saturated carbocycles. The number of hydrogen-bond acceptors (Lipinski definition) is 2. The second kappa shape index (κ2) is 4.78. The predicted molar refractivity (Wildman–Crippen MR) is 78.0 cm³/mol. The quantitative estimate of drug-likeness (QED) is 0.799. The summed E-state index contributed by atoms with van der Waals surface area (Å²) in [5, 5.41) is 1.05. The molecular formula is C16H18N2O2. The van der Waals surface area contributed by atoms with Crippen LogP contribution in [0.4, 0.5) is 4.79 Å². The van der Waals surface area contributed by atoms with Crippen LogP contribution in [0, 0.1) is 0 Å². The van der Waals surface area contributed by atoms with Crippen molar-refractivity contribution in [1.82, 2.24) is 9.47 Å². The van der Waals surface area contributed by atoms with E-state index >= 15 is 0 Å². The fourth-order valence-electron chi connectivity index (χ4n) is 2.96. The molecule has 1 aliphatic rings. The molecule has 1 aromatic heterocycles. The van der Waals surface area contributed by atoms with Gasteiger partial charge in [-0.3, -0.25) is 9.36 Å². The number of fused-ring (bicyclic) bond motifs is 1. The van der Waals surface area contributed by atoms with E-state index in [1.165, 1.54) is 0 Å². The van der Waals surface area contributed by atoms with E-state index in [2.05, 4.69) is 6.07 Å². The molecule has 1 heterocycles. The van der Waals surface area contributed by atoms with E-state index < -0.39 is 0 Å². The first-order chi connectivity index (χ1) is 9.58. The Hall–Kier alpha value is -2.10. The van der Waals surface area contributed by atoms with Crippen molar-refractivity contribution in [2.45, 2.75) is 25.2 Å². The molecule has 0 bridgehead atoms. The van der Waals surface area contributed by atoms with Crippen molar-refractivity contribution in [3.05, 3.63) is 36.0 Å². The minimum absolute atomic E-state index is 0.0550. The molecule has 104 valence electrons. The van der Waals surface area contributed by atoms with Crippen LogP contribution in [0.5, 0.6) is 0 Å². The molecule has 1 amide bonds. The summed E-state index contributed by atoms with van der Waals surface area (Å²) in [5.41, 5.74) is 1.89. The summed E-state index contributed by atoms with van der Waals surface area (Å²) in [5.74, 6) is 0.461. The fourth-order valence-corrected chi connectivity index (χ4v) is 2.96. The number of carbonyl (C=O) groups excluding carboxylic acids is 2. The summed E-state index contributed by atoms with van der Waals surface area (Å²) < 4.78 is 1.76. The Morgan fingerprint density at radius 1 is 1.30 bits per heavy atom. The Morgan fingerprint density at radius 3 is 2.70 bits per heavy atom. The number of para-hydroxylation sites is 1. The number of aromatic nitrogens is 1. The van der Waals surface area contributed by atoms with Gasteiger partial charge in [0.05, 0.1) is 5.52 Å². The van der Waals surface area contributed by atoms with Crippen molar-refractivity contribution in [2.75, 3.05) is 14.1 Å². The van der Waals surface area contributed by atoms with Gasteiger partial charge in [0.2, 0.25) is 0 Å². The Labute approximate surface area is 118 Å². The molecule has 0 radical (unpaired) electrons. The third-order valence-corrected chi connectivity index (χ3v) is 3.98. The fraction of sp³-hybridized carbons (Fsp3) is 0.375. The lowest BCUT2D eigenvalue weighted by molar-refractivity contribution is -0.117. The summed E-state index contributed by atoms with van der Waals surface area (Å²) >= 11 is 0. The van der Waals surface area contributed by atoms with E-state index in [0.29, 0.717) is 18.6 Å². The molecule has 20 heavy (non-hydrogen) atoms. The van der Waals surface area contributed by atoms with Gasteiger partial charge >= 0.3 is 6.03 Å². The van der Waals surface area contributed by atoms with Crippen LogP contribution < -0.4 is 0 Å². The number of ketones is 1. The molecule has 0 saturated heterocycles. The molecule has 0 N–H and O–H groups in total. The Balaban J connectivity index is 2.17. The molecule has 0 spiro atoms. The van der Waals surface area contributed by atoms with Crippen LogP contribution in [-0.2, 0) is 4.79 Å². The van der Waals surface area contributed by atoms with Crippen molar-refractivity contribution in [3.8, 4) is 0 Å². The smallest absolute Gasteiger partial charge is 0.328 e. The first-order valence-electron chi connectivity index (χ1n) is 6.91. The van der Waals surface area contributed by atoms with Gasteiger partial charge in [-0.1, -0.05) is 18.2 Å². The van der Waals surface area contributed by atoms with E-state index in [9.17, 15) is 9.59 Å². The van der Waals surface area contributed by atoms with Crippen molar-refractivity contribution < 1.29 is 9.59 Å². The second-order valence-electron chi connectivity index (χ2n) is 5.62. The zero-order valence-corrected chi connectivity index (χ0v) is 11.8. The summed E-state index contributed by atoms with van der Waals surface area (Å²) in [6.07, 6.45) is 2.02. The maximum atomic E-state index is 12.5. The molecule has 1 atom stereocenters. The standard InChI is InChI=1S/C16H18N2O2/c1-17(2)16(20)18-14-6-4-3-5-11(14)10-15(18)12-7-8-13(19)9-12/h3-6,10,12H,7-9H2,1-2H3. The molecule has 3 rings (SSSR count). The molecule has 1 fully saturated rings. The van der Waals surface area contributed by atoms with Crippen molar-refractivity contribution >= 4 is 22.7 Å². The zero-order chi connectivity index (χ0) is 14.3. The van der Waals surface area contributed by atoms with Gasteiger partial charge < -0.3 is 4.90 Å². The van der Waals surface area contributed by atoms with Crippen LogP contribution in [0.1, 0.15) is 30.9 Å². The largest absolute Gasteiger partial charge is 0.330 e. The van der Waals surface area contributed by atoms with E-state index in [1.807, 2.05) is 24.3 Å². The van der Waals surface area contributed by atoms with Gasteiger partial charge in [0.15, 0.2) is 0 Å². The average molecular weight is 270 g/mol. The van der Waals surface area contributed by atoms with E-state index in [-0.39, 0.29) is 11.9 Å². The highest BCUT2D eigenvalue weighted by Gasteiger charge is 2.29. The van der Waals surface area contributed by atoms with Gasteiger partial charge in [-0.25, -0.2) is 4.79 Å². The van der Waals surface area contributed by atoms with Gasteiger partial charge in [-0.2, -0.15) is 0 Å². The number of Topliss-reactive ketones (excluding diaryl/α,β-unsaturated/α-hetero) is 1. The average Bonchev–Trinajstić information content (AvgIpc) is 3.00. The lowest BCUT2D eigenvalue weighted by atomic mass is 10.0. The van der Waals surface area contributed by atoms with E-state index in [4.69, 9.17) is 0 Å². The summed E-state index contributed by atoms with van der Waals surface area (Å²) in [7, 11) is 3.50. The summed E-state index contributed by atoms with van der Waals surface area (Å²) in [6, 6.07) is 9.87. The molecule has 0 aliphatic heterocycles. The van der Waals surface area contributed by atoms with Crippen molar-refractivity contribution in [1.29, 1.82) is 0 Å². The molecule has 4 heteroatoms. The van der Waals surface area contributed by atoms with Gasteiger partial charge in [-0.15, -0.1) is 0 Å². The van der Waals surface area contributed by atoms with Crippen molar-refractivity contribution in [3.63, 3.8) is 0 Å². The Morgan fingerprint density at radius 2 is 2.05 bits per heavy atom. The minimum Gasteiger partial charge on any atom is -0.330 e. The van der Waals surface area contributed by atoms with Gasteiger partial charge in [-0.05, 0) is 18.6 Å². The van der Waals surface area contributed by atoms with Crippen LogP contribution in [0.2, 0.25) is 0 Å². The molecular weight excluding hydrogens is 252 g/mol.